The van der Waals surface area contributed by atoms with Crippen molar-refractivity contribution in [2.75, 3.05) is 0 Å². The van der Waals surface area contributed by atoms with Crippen molar-refractivity contribution in [2.24, 2.45) is 5.73 Å². The zero-order valence-corrected chi connectivity index (χ0v) is 8.52. The number of benzene rings is 1. The molecule has 0 spiro atoms. The van der Waals surface area contributed by atoms with Crippen LogP contribution < -0.4 is 10.5 Å². The van der Waals surface area contributed by atoms with E-state index in [0.717, 1.165) is 6.07 Å². The zero-order chi connectivity index (χ0) is 10.0. The number of carbonyl (C=O) groups is 1. The third-order valence-electron chi connectivity index (χ3n) is 1.17. The highest BCUT2D eigenvalue weighted by Crippen LogP contribution is 2.31. The molecule has 1 amide bonds. The normalized spacial score (nSPS) is 9.77. The number of primary amides is 1. The Kier molecular flexibility index (Phi) is 3.11. The van der Waals surface area contributed by atoms with Gasteiger partial charge >= 0.3 is 6.09 Å². The Morgan fingerprint density at radius 3 is 2.69 bits per heavy atom. The topological polar surface area (TPSA) is 52.3 Å². The van der Waals surface area contributed by atoms with Crippen molar-refractivity contribution >= 4 is 33.6 Å². The van der Waals surface area contributed by atoms with Gasteiger partial charge in [0.25, 0.3) is 0 Å². The minimum Gasteiger partial charge on any atom is -0.406 e. The first-order chi connectivity index (χ1) is 6.00. The highest BCUT2D eigenvalue weighted by Gasteiger charge is 2.12. The number of nitrogens with two attached hydrogens (primary N) is 1. The summed E-state index contributed by atoms with van der Waals surface area (Å²) in [5.41, 5.74) is 4.72. The maximum Gasteiger partial charge on any atom is 0.410 e. The highest BCUT2D eigenvalue weighted by molar-refractivity contribution is 9.10. The molecular weight excluding hydrogens is 264 g/mol. The van der Waals surface area contributed by atoms with Gasteiger partial charge in [-0.1, -0.05) is 11.6 Å². The molecule has 13 heavy (non-hydrogen) atoms. The van der Waals surface area contributed by atoms with E-state index in [1.165, 1.54) is 6.07 Å². The third kappa shape index (κ3) is 2.57. The predicted octanol–water partition coefficient (Wildman–Crippen LogP) is 2.70. The van der Waals surface area contributed by atoms with Gasteiger partial charge < -0.3 is 10.5 Å². The van der Waals surface area contributed by atoms with Crippen LogP contribution in [0.2, 0.25) is 5.02 Å². The lowest BCUT2D eigenvalue weighted by Gasteiger charge is -2.04. The van der Waals surface area contributed by atoms with E-state index in [1.54, 1.807) is 0 Å². The number of halogens is 3. The van der Waals surface area contributed by atoms with Crippen molar-refractivity contribution in [3.8, 4) is 5.75 Å². The first-order valence-corrected chi connectivity index (χ1v) is 4.29. The average molecular weight is 268 g/mol. The summed E-state index contributed by atoms with van der Waals surface area (Å²) in [6.07, 6.45) is -1.08. The lowest BCUT2D eigenvalue weighted by Crippen LogP contribution is -2.17. The van der Waals surface area contributed by atoms with E-state index >= 15 is 0 Å². The van der Waals surface area contributed by atoms with Crippen LogP contribution >= 0.6 is 27.5 Å². The molecule has 0 aliphatic carbocycles. The summed E-state index contributed by atoms with van der Waals surface area (Å²) in [7, 11) is 0. The Balaban J connectivity index is 3.13. The summed E-state index contributed by atoms with van der Waals surface area (Å²) in [6, 6.07) is 2.41. The SMILES string of the molecule is NC(=O)Oc1c(F)cc(Cl)cc1Br. The van der Waals surface area contributed by atoms with Crippen LogP contribution in [-0.2, 0) is 0 Å². The molecule has 0 aliphatic rings. The van der Waals surface area contributed by atoms with Gasteiger partial charge in [-0.3, -0.25) is 0 Å². The van der Waals surface area contributed by atoms with Crippen molar-refractivity contribution in [3.63, 3.8) is 0 Å². The molecule has 0 atom stereocenters. The lowest BCUT2D eigenvalue weighted by atomic mass is 10.3. The van der Waals surface area contributed by atoms with Gasteiger partial charge in [0.05, 0.1) is 4.47 Å². The molecule has 1 rings (SSSR count). The maximum atomic E-state index is 13.0. The zero-order valence-electron chi connectivity index (χ0n) is 6.18. The monoisotopic (exact) mass is 267 g/mol. The van der Waals surface area contributed by atoms with Crippen LogP contribution in [-0.4, -0.2) is 6.09 Å². The summed E-state index contributed by atoms with van der Waals surface area (Å²) in [5, 5.41) is 0.196. The van der Waals surface area contributed by atoms with Crippen molar-refractivity contribution in [1.29, 1.82) is 0 Å². The predicted molar refractivity (Wildman–Crippen MR) is 49.3 cm³/mol. The van der Waals surface area contributed by atoms with Crippen molar-refractivity contribution in [1.82, 2.24) is 0 Å². The van der Waals surface area contributed by atoms with E-state index in [1.807, 2.05) is 0 Å². The van der Waals surface area contributed by atoms with Gasteiger partial charge in [-0.15, -0.1) is 0 Å². The Morgan fingerprint density at radius 2 is 2.23 bits per heavy atom. The first kappa shape index (κ1) is 10.3. The number of hydrogen-bond donors (Lipinski definition) is 1. The van der Waals surface area contributed by atoms with Crippen LogP contribution in [0.5, 0.6) is 5.75 Å². The van der Waals surface area contributed by atoms with Crippen LogP contribution in [0.4, 0.5) is 9.18 Å². The van der Waals surface area contributed by atoms with E-state index in [0.29, 0.717) is 0 Å². The fourth-order valence-electron chi connectivity index (χ4n) is 0.727. The Hall–Kier alpha value is -0.810. The molecular formula is C7H4BrClFNO2. The van der Waals surface area contributed by atoms with E-state index < -0.39 is 11.9 Å². The standard InChI is InChI=1S/C7H4BrClFNO2/c8-4-1-3(9)2-5(10)6(4)13-7(11)12/h1-2H,(H2,11,12). The van der Waals surface area contributed by atoms with E-state index in [2.05, 4.69) is 20.7 Å². The minimum atomic E-state index is -1.08. The first-order valence-electron chi connectivity index (χ1n) is 3.12. The lowest BCUT2D eigenvalue weighted by molar-refractivity contribution is 0.208. The Labute approximate surface area is 86.7 Å². The van der Waals surface area contributed by atoms with Crippen LogP contribution in [0, 0.1) is 5.82 Å². The smallest absolute Gasteiger partial charge is 0.406 e. The minimum absolute atomic E-state index is 0.196. The largest absolute Gasteiger partial charge is 0.410 e. The summed E-state index contributed by atoms with van der Waals surface area (Å²) in [5.74, 6) is -1.02. The molecule has 0 fully saturated rings. The van der Waals surface area contributed by atoms with E-state index in [4.69, 9.17) is 17.3 Å². The van der Waals surface area contributed by atoms with Gasteiger partial charge in [0, 0.05) is 5.02 Å². The quantitative estimate of drug-likeness (QED) is 0.851. The fourth-order valence-corrected chi connectivity index (χ4v) is 1.58. The van der Waals surface area contributed by atoms with Gasteiger partial charge in [-0.25, -0.2) is 9.18 Å². The molecule has 70 valence electrons. The molecule has 0 aliphatic heterocycles. The van der Waals surface area contributed by atoms with Crippen LogP contribution in [0.3, 0.4) is 0 Å². The molecule has 2 N–H and O–H groups in total. The van der Waals surface area contributed by atoms with Gasteiger partial charge in [-0.2, -0.15) is 0 Å². The van der Waals surface area contributed by atoms with Crippen molar-refractivity contribution in [2.45, 2.75) is 0 Å². The van der Waals surface area contributed by atoms with Crippen LogP contribution in [0.15, 0.2) is 16.6 Å². The molecule has 0 unspecified atom stereocenters. The fraction of sp³-hybridized carbons (Fsp3) is 0. The molecule has 0 saturated carbocycles. The average Bonchev–Trinajstić information content (AvgIpc) is 1.96. The molecule has 0 radical (unpaired) electrons. The number of hydrogen-bond acceptors (Lipinski definition) is 2. The highest BCUT2D eigenvalue weighted by atomic mass is 79.9. The molecule has 1 aromatic rings. The second-order valence-electron chi connectivity index (χ2n) is 2.12. The van der Waals surface area contributed by atoms with Gasteiger partial charge in [0.2, 0.25) is 0 Å². The number of carbonyl (C=O) groups excluding carboxylic acids is 1. The van der Waals surface area contributed by atoms with E-state index in [9.17, 15) is 9.18 Å². The van der Waals surface area contributed by atoms with E-state index in [-0.39, 0.29) is 15.2 Å². The second-order valence-corrected chi connectivity index (χ2v) is 3.41. The Bertz CT molecular complexity index is 335. The molecule has 0 saturated heterocycles. The molecule has 0 aromatic heterocycles. The third-order valence-corrected chi connectivity index (χ3v) is 1.97. The molecule has 0 heterocycles. The molecule has 6 heteroatoms. The number of amides is 1. The molecule has 1 aromatic carbocycles. The summed E-state index contributed by atoms with van der Waals surface area (Å²) in [6.45, 7) is 0. The van der Waals surface area contributed by atoms with Crippen molar-refractivity contribution in [3.05, 3.63) is 27.4 Å². The van der Waals surface area contributed by atoms with Gasteiger partial charge in [-0.05, 0) is 28.1 Å². The maximum absolute atomic E-state index is 13.0. The van der Waals surface area contributed by atoms with Crippen LogP contribution in [0.25, 0.3) is 0 Å². The summed E-state index contributed by atoms with van der Waals surface area (Å²) < 4.78 is 17.6. The Morgan fingerprint density at radius 1 is 1.62 bits per heavy atom. The molecule has 3 nitrogen and oxygen atoms in total. The van der Waals surface area contributed by atoms with Gasteiger partial charge in [0.15, 0.2) is 11.6 Å². The summed E-state index contributed by atoms with van der Waals surface area (Å²) >= 11 is 8.49. The summed E-state index contributed by atoms with van der Waals surface area (Å²) in [4.78, 5) is 10.3. The van der Waals surface area contributed by atoms with Crippen LogP contribution in [0.1, 0.15) is 0 Å². The number of ether oxygens (including phenoxy) is 1. The molecule has 0 bridgehead atoms. The number of rotatable bonds is 1. The van der Waals surface area contributed by atoms with Crippen molar-refractivity contribution < 1.29 is 13.9 Å². The van der Waals surface area contributed by atoms with Gasteiger partial charge in [0.1, 0.15) is 0 Å². The second kappa shape index (κ2) is 3.93.